The largest absolute Gasteiger partial charge is 0.450 e. The maximum atomic E-state index is 14.0. The van der Waals surface area contributed by atoms with Crippen molar-refractivity contribution in [2.24, 2.45) is 0 Å². The van der Waals surface area contributed by atoms with E-state index in [9.17, 15) is 14.0 Å². The zero-order valence-electron chi connectivity index (χ0n) is 17.5. The molecule has 5 nitrogen and oxygen atoms in total. The van der Waals surface area contributed by atoms with E-state index in [1.807, 2.05) is 0 Å². The van der Waals surface area contributed by atoms with Crippen LogP contribution in [0.4, 0.5) is 4.39 Å². The molecule has 0 radical (unpaired) electrons. The number of hydrogen-bond donors (Lipinski definition) is 0. The van der Waals surface area contributed by atoms with Crippen molar-refractivity contribution in [2.75, 3.05) is 26.2 Å². The molecule has 0 bridgehead atoms. The highest BCUT2D eigenvalue weighted by Crippen LogP contribution is 2.38. The van der Waals surface area contributed by atoms with Crippen molar-refractivity contribution in [3.8, 4) is 0 Å². The van der Waals surface area contributed by atoms with Crippen molar-refractivity contribution in [3.63, 3.8) is 0 Å². The second-order valence-corrected chi connectivity index (χ2v) is 8.09. The molecule has 0 fully saturated rings. The summed E-state index contributed by atoms with van der Waals surface area (Å²) in [7, 11) is 0. The third kappa shape index (κ3) is 3.98. The van der Waals surface area contributed by atoms with Gasteiger partial charge < -0.3 is 14.2 Å². The van der Waals surface area contributed by atoms with Crippen molar-refractivity contribution in [2.45, 2.75) is 26.3 Å². The van der Waals surface area contributed by atoms with Gasteiger partial charge in [0.1, 0.15) is 11.4 Å². The van der Waals surface area contributed by atoms with Crippen molar-refractivity contribution in [1.82, 2.24) is 9.80 Å². The zero-order valence-corrected chi connectivity index (χ0v) is 18.3. The summed E-state index contributed by atoms with van der Waals surface area (Å²) >= 11 is 6.09. The van der Waals surface area contributed by atoms with Crippen LogP contribution in [0.2, 0.25) is 5.02 Å². The molecule has 4 rings (SSSR count). The van der Waals surface area contributed by atoms with Gasteiger partial charge in [-0.15, -0.1) is 0 Å². The van der Waals surface area contributed by atoms with Crippen LogP contribution >= 0.6 is 11.6 Å². The fourth-order valence-electron chi connectivity index (χ4n) is 4.25. The number of halogens is 2. The van der Waals surface area contributed by atoms with Crippen molar-refractivity contribution >= 4 is 28.5 Å². The molecule has 0 N–H and O–H groups in total. The van der Waals surface area contributed by atoms with Gasteiger partial charge in [-0.3, -0.25) is 9.59 Å². The number of nitrogens with zero attached hydrogens (tertiary/aromatic N) is 2. The summed E-state index contributed by atoms with van der Waals surface area (Å²) < 4.78 is 19.9. The molecule has 0 aliphatic carbocycles. The summed E-state index contributed by atoms with van der Waals surface area (Å²) in [4.78, 5) is 30.6. The Bertz CT molecular complexity index is 1190. The number of carbonyl (C=O) groups is 1. The Kier molecular flexibility index (Phi) is 6.12. The van der Waals surface area contributed by atoms with E-state index in [-0.39, 0.29) is 22.7 Å². The summed E-state index contributed by atoms with van der Waals surface area (Å²) in [6.45, 7) is 7.28. The van der Waals surface area contributed by atoms with Gasteiger partial charge in [0.25, 0.3) is 5.91 Å². The maximum Gasteiger partial charge on any atom is 0.290 e. The van der Waals surface area contributed by atoms with Crippen LogP contribution in [0.25, 0.3) is 11.0 Å². The zero-order chi connectivity index (χ0) is 22.1. The van der Waals surface area contributed by atoms with E-state index in [1.54, 1.807) is 35.2 Å². The molecule has 1 aliphatic heterocycles. The number of hydrogen-bond acceptors (Lipinski definition) is 4. The quantitative estimate of drug-likeness (QED) is 0.524. The Hall–Kier alpha value is -2.70. The molecule has 0 saturated carbocycles. The molecule has 31 heavy (non-hydrogen) atoms. The Morgan fingerprint density at radius 1 is 1.13 bits per heavy atom. The van der Waals surface area contributed by atoms with E-state index in [4.69, 9.17) is 16.0 Å². The molecule has 1 amide bonds. The Morgan fingerprint density at radius 2 is 1.90 bits per heavy atom. The molecule has 2 heterocycles. The van der Waals surface area contributed by atoms with Gasteiger partial charge in [-0.25, -0.2) is 4.39 Å². The average molecular weight is 443 g/mol. The lowest BCUT2D eigenvalue weighted by Gasteiger charge is -2.26. The summed E-state index contributed by atoms with van der Waals surface area (Å²) in [6, 6.07) is 10.1. The van der Waals surface area contributed by atoms with Crippen LogP contribution in [0.15, 0.2) is 51.7 Å². The van der Waals surface area contributed by atoms with Crippen molar-refractivity contribution < 1.29 is 13.6 Å². The van der Waals surface area contributed by atoms with Crippen molar-refractivity contribution in [1.29, 1.82) is 0 Å². The molecule has 0 spiro atoms. The van der Waals surface area contributed by atoms with Crippen LogP contribution in [0, 0.1) is 5.82 Å². The lowest BCUT2D eigenvalue weighted by Crippen LogP contribution is -2.33. The Balaban J connectivity index is 1.81. The molecule has 3 aromatic rings. The highest BCUT2D eigenvalue weighted by atomic mass is 35.5. The second-order valence-electron chi connectivity index (χ2n) is 7.65. The number of carbonyl (C=O) groups excluding carboxylic acids is 1. The lowest BCUT2D eigenvalue weighted by molar-refractivity contribution is 0.0720. The van der Waals surface area contributed by atoms with Gasteiger partial charge in [0.2, 0.25) is 5.76 Å². The predicted molar refractivity (Wildman–Crippen MR) is 119 cm³/mol. The monoisotopic (exact) mass is 442 g/mol. The van der Waals surface area contributed by atoms with Crippen molar-refractivity contribution in [3.05, 3.63) is 80.4 Å². The molecule has 1 atom stereocenters. The first-order chi connectivity index (χ1) is 14.9. The molecular formula is C24H24ClFN2O3. The minimum atomic E-state index is -0.700. The van der Waals surface area contributed by atoms with E-state index < -0.39 is 11.9 Å². The third-order valence-electron chi connectivity index (χ3n) is 5.86. The molecule has 2 aromatic carbocycles. The first-order valence-electron chi connectivity index (χ1n) is 10.5. The molecule has 0 saturated heterocycles. The van der Waals surface area contributed by atoms with E-state index in [1.165, 1.54) is 12.1 Å². The third-order valence-corrected chi connectivity index (χ3v) is 6.10. The summed E-state index contributed by atoms with van der Waals surface area (Å²) in [6.07, 6.45) is 0.729. The highest BCUT2D eigenvalue weighted by Gasteiger charge is 2.42. The topological polar surface area (TPSA) is 53.8 Å². The standard InChI is InChI=1S/C24H24ClFN2O3/c1-3-27(4-2)11-6-12-28-21(15-7-5-8-17(26)13-15)20-22(29)18-14-16(25)9-10-19(18)31-23(20)24(28)30/h5,7-10,13-14,21H,3-4,6,11-12H2,1-2H3/t21-/m1/s1. The molecule has 162 valence electrons. The van der Waals surface area contributed by atoms with Gasteiger partial charge in [-0.1, -0.05) is 37.6 Å². The molecule has 1 aliphatic rings. The summed E-state index contributed by atoms with van der Waals surface area (Å²) in [5, 5.41) is 0.716. The van der Waals surface area contributed by atoms with Crippen LogP contribution in [-0.4, -0.2) is 41.9 Å². The van der Waals surface area contributed by atoms with Gasteiger partial charge in [-0.05, 0) is 62.0 Å². The Morgan fingerprint density at radius 3 is 2.61 bits per heavy atom. The normalized spacial score (nSPS) is 15.8. The molecule has 0 unspecified atom stereocenters. The fraction of sp³-hybridized carbons (Fsp3) is 0.333. The molecule has 1 aromatic heterocycles. The number of fused-ring (bicyclic) bond motifs is 2. The Labute approximate surface area is 185 Å². The minimum absolute atomic E-state index is 0.0249. The van der Waals surface area contributed by atoms with Crippen LogP contribution in [-0.2, 0) is 0 Å². The van der Waals surface area contributed by atoms with E-state index in [2.05, 4.69) is 18.7 Å². The molecular weight excluding hydrogens is 419 g/mol. The predicted octanol–water partition coefficient (Wildman–Crippen LogP) is 4.86. The smallest absolute Gasteiger partial charge is 0.290 e. The number of rotatable bonds is 7. The minimum Gasteiger partial charge on any atom is -0.450 e. The van der Waals surface area contributed by atoms with E-state index in [0.29, 0.717) is 28.1 Å². The lowest BCUT2D eigenvalue weighted by atomic mass is 9.98. The summed E-state index contributed by atoms with van der Waals surface area (Å²) in [5.74, 6) is -0.746. The van der Waals surface area contributed by atoms with Gasteiger partial charge in [0.05, 0.1) is 17.0 Å². The van der Waals surface area contributed by atoms with Gasteiger partial charge in [0, 0.05) is 11.6 Å². The first kappa shape index (κ1) is 21.5. The average Bonchev–Trinajstić information content (AvgIpc) is 3.04. The first-order valence-corrected chi connectivity index (χ1v) is 10.9. The van der Waals surface area contributed by atoms with Crippen LogP contribution in [0.5, 0.6) is 0 Å². The van der Waals surface area contributed by atoms with E-state index in [0.717, 1.165) is 26.1 Å². The van der Waals surface area contributed by atoms with Gasteiger partial charge in [-0.2, -0.15) is 0 Å². The second kappa shape index (κ2) is 8.81. The van der Waals surface area contributed by atoms with Gasteiger partial charge >= 0.3 is 0 Å². The number of benzene rings is 2. The van der Waals surface area contributed by atoms with Crippen LogP contribution in [0.1, 0.15) is 48.0 Å². The summed E-state index contributed by atoms with van der Waals surface area (Å²) in [5.41, 5.74) is 0.786. The fourth-order valence-corrected chi connectivity index (χ4v) is 4.42. The van der Waals surface area contributed by atoms with Crippen LogP contribution in [0.3, 0.4) is 0 Å². The SMILES string of the molecule is CCN(CC)CCCN1C(=O)c2oc3ccc(Cl)cc3c(=O)c2[C@H]1c1cccc(F)c1. The number of amides is 1. The van der Waals surface area contributed by atoms with E-state index >= 15 is 0 Å². The highest BCUT2D eigenvalue weighted by molar-refractivity contribution is 6.31. The molecule has 7 heteroatoms. The maximum absolute atomic E-state index is 14.0. The van der Waals surface area contributed by atoms with Gasteiger partial charge in [0.15, 0.2) is 5.43 Å². The van der Waals surface area contributed by atoms with Crippen LogP contribution < -0.4 is 5.43 Å².